The maximum absolute atomic E-state index is 4.27. The molecule has 1 aliphatic carbocycles. The molecule has 1 aromatic rings. The van der Waals surface area contributed by atoms with Crippen LogP contribution in [0.15, 0.2) is 55.1 Å². The average molecular weight is 224 g/mol. The standard InChI is InChI=1S/C17H20/c1-5-10-15-13(4)14-11-8-9-12-16(14)17(15,6-2)7-3/h5,8-12H,1,4,6-7H2,2-3H3/b15-10+. The molecule has 17 heavy (non-hydrogen) atoms. The average Bonchev–Trinajstić information content (AvgIpc) is 2.61. The molecule has 0 N–H and O–H groups in total. The molecule has 1 aliphatic rings. The van der Waals surface area contributed by atoms with Crippen LogP contribution in [0.4, 0.5) is 0 Å². The lowest BCUT2D eigenvalue weighted by atomic mass is 9.73. The van der Waals surface area contributed by atoms with Gasteiger partial charge in [-0.05, 0) is 35.1 Å². The maximum atomic E-state index is 4.27. The molecule has 0 heteroatoms. The van der Waals surface area contributed by atoms with Gasteiger partial charge in [0, 0.05) is 5.41 Å². The molecule has 0 unspecified atom stereocenters. The number of rotatable bonds is 3. The first-order valence-corrected chi connectivity index (χ1v) is 6.33. The highest BCUT2D eigenvalue weighted by Gasteiger charge is 2.41. The summed E-state index contributed by atoms with van der Waals surface area (Å²) in [5, 5.41) is 0. The lowest BCUT2D eigenvalue weighted by molar-refractivity contribution is 0.490. The van der Waals surface area contributed by atoms with Crippen LogP contribution in [0.2, 0.25) is 0 Å². The van der Waals surface area contributed by atoms with Crippen molar-refractivity contribution in [1.29, 1.82) is 0 Å². The van der Waals surface area contributed by atoms with Gasteiger partial charge in [-0.2, -0.15) is 0 Å². The zero-order valence-corrected chi connectivity index (χ0v) is 10.8. The van der Waals surface area contributed by atoms with Crippen molar-refractivity contribution in [2.45, 2.75) is 32.1 Å². The highest BCUT2D eigenvalue weighted by atomic mass is 14.4. The van der Waals surface area contributed by atoms with Crippen LogP contribution in [0, 0.1) is 0 Å². The first-order chi connectivity index (χ1) is 8.21. The molecule has 0 fully saturated rings. The van der Waals surface area contributed by atoms with Gasteiger partial charge < -0.3 is 0 Å². The van der Waals surface area contributed by atoms with Crippen molar-refractivity contribution < 1.29 is 0 Å². The molecule has 88 valence electrons. The molecule has 0 saturated carbocycles. The molecule has 0 aliphatic heterocycles. The Labute approximate surface area is 104 Å². The fourth-order valence-electron chi connectivity index (χ4n) is 3.13. The zero-order chi connectivity index (χ0) is 12.5. The number of hydrogen-bond acceptors (Lipinski definition) is 0. The maximum Gasteiger partial charge on any atom is 0.0209 e. The molecular formula is C17H20. The van der Waals surface area contributed by atoms with E-state index < -0.39 is 0 Å². The predicted molar refractivity (Wildman–Crippen MR) is 76.0 cm³/mol. The van der Waals surface area contributed by atoms with E-state index in [1.54, 1.807) is 0 Å². The lowest BCUT2D eigenvalue weighted by Crippen LogP contribution is -2.23. The van der Waals surface area contributed by atoms with Crippen LogP contribution in [-0.4, -0.2) is 0 Å². The summed E-state index contributed by atoms with van der Waals surface area (Å²) in [5.41, 5.74) is 5.40. The number of allylic oxidation sites excluding steroid dienone is 4. The fourth-order valence-corrected chi connectivity index (χ4v) is 3.13. The third-order valence-corrected chi connectivity index (χ3v) is 4.10. The van der Waals surface area contributed by atoms with Gasteiger partial charge in [0.2, 0.25) is 0 Å². The predicted octanol–water partition coefficient (Wildman–Crippen LogP) is 4.88. The highest BCUT2D eigenvalue weighted by molar-refractivity contribution is 5.88. The van der Waals surface area contributed by atoms with Crippen LogP contribution < -0.4 is 0 Å². The van der Waals surface area contributed by atoms with Crippen LogP contribution in [-0.2, 0) is 5.41 Å². The quantitative estimate of drug-likeness (QED) is 0.686. The summed E-state index contributed by atoms with van der Waals surface area (Å²) in [6.45, 7) is 12.6. The van der Waals surface area contributed by atoms with Gasteiger partial charge in [0.05, 0.1) is 0 Å². The third-order valence-electron chi connectivity index (χ3n) is 4.10. The Morgan fingerprint density at radius 2 is 1.82 bits per heavy atom. The fraction of sp³-hybridized carbons (Fsp3) is 0.294. The minimum absolute atomic E-state index is 0.141. The van der Waals surface area contributed by atoms with Crippen LogP contribution in [0.5, 0.6) is 0 Å². The van der Waals surface area contributed by atoms with Crippen molar-refractivity contribution in [2.75, 3.05) is 0 Å². The van der Waals surface area contributed by atoms with Crippen molar-refractivity contribution in [3.63, 3.8) is 0 Å². The summed E-state index contributed by atoms with van der Waals surface area (Å²) in [4.78, 5) is 0. The Kier molecular flexibility index (Phi) is 3.06. The molecule has 0 atom stereocenters. The minimum Gasteiger partial charge on any atom is -0.0991 e. The second kappa shape index (κ2) is 4.37. The van der Waals surface area contributed by atoms with E-state index in [-0.39, 0.29) is 5.41 Å². The van der Waals surface area contributed by atoms with Gasteiger partial charge in [-0.1, -0.05) is 63.4 Å². The van der Waals surface area contributed by atoms with Gasteiger partial charge in [0.25, 0.3) is 0 Å². The largest absolute Gasteiger partial charge is 0.0991 e. The Morgan fingerprint density at radius 1 is 1.18 bits per heavy atom. The molecular weight excluding hydrogens is 204 g/mol. The molecule has 0 radical (unpaired) electrons. The van der Waals surface area contributed by atoms with Gasteiger partial charge in [-0.3, -0.25) is 0 Å². The molecule has 0 heterocycles. The van der Waals surface area contributed by atoms with Gasteiger partial charge in [0.1, 0.15) is 0 Å². The van der Waals surface area contributed by atoms with Crippen LogP contribution >= 0.6 is 0 Å². The molecule has 0 bridgehead atoms. The molecule has 0 aromatic heterocycles. The first kappa shape index (κ1) is 11.9. The van der Waals surface area contributed by atoms with E-state index in [4.69, 9.17) is 0 Å². The van der Waals surface area contributed by atoms with E-state index in [0.717, 1.165) is 12.8 Å². The molecule has 2 rings (SSSR count). The normalized spacial score (nSPS) is 19.4. The molecule has 1 aromatic carbocycles. The van der Waals surface area contributed by atoms with Crippen LogP contribution in [0.1, 0.15) is 37.8 Å². The zero-order valence-electron chi connectivity index (χ0n) is 10.8. The Balaban J connectivity index is 2.73. The van der Waals surface area contributed by atoms with Crippen LogP contribution in [0.25, 0.3) is 5.57 Å². The number of benzene rings is 1. The SMILES string of the molecule is C=C/C=C1\C(=C)c2ccccc2C1(CC)CC. The summed E-state index contributed by atoms with van der Waals surface area (Å²) in [5.74, 6) is 0. The number of fused-ring (bicyclic) bond motifs is 1. The molecule has 0 amide bonds. The van der Waals surface area contributed by atoms with Gasteiger partial charge in [-0.25, -0.2) is 0 Å². The van der Waals surface area contributed by atoms with Gasteiger partial charge in [-0.15, -0.1) is 0 Å². The summed E-state index contributed by atoms with van der Waals surface area (Å²) in [6.07, 6.45) is 6.24. The van der Waals surface area contributed by atoms with Crippen molar-refractivity contribution in [2.24, 2.45) is 0 Å². The van der Waals surface area contributed by atoms with E-state index in [9.17, 15) is 0 Å². The molecule has 0 spiro atoms. The van der Waals surface area contributed by atoms with E-state index >= 15 is 0 Å². The van der Waals surface area contributed by atoms with Crippen molar-refractivity contribution in [3.8, 4) is 0 Å². The summed E-state index contributed by atoms with van der Waals surface area (Å²) in [7, 11) is 0. The monoisotopic (exact) mass is 224 g/mol. The Hall–Kier alpha value is -1.56. The van der Waals surface area contributed by atoms with E-state index in [1.165, 1.54) is 22.3 Å². The van der Waals surface area contributed by atoms with E-state index in [0.29, 0.717) is 0 Å². The van der Waals surface area contributed by atoms with Crippen molar-refractivity contribution >= 4 is 5.57 Å². The minimum atomic E-state index is 0.141. The second-order valence-corrected chi connectivity index (χ2v) is 4.63. The summed E-state index contributed by atoms with van der Waals surface area (Å²) >= 11 is 0. The second-order valence-electron chi connectivity index (χ2n) is 4.63. The van der Waals surface area contributed by atoms with E-state index in [2.05, 4.69) is 57.3 Å². The van der Waals surface area contributed by atoms with Gasteiger partial charge >= 0.3 is 0 Å². The molecule has 0 saturated heterocycles. The Bertz CT molecular complexity index is 485. The highest BCUT2D eigenvalue weighted by Crippen LogP contribution is 2.52. The first-order valence-electron chi connectivity index (χ1n) is 6.33. The van der Waals surface area contributed by atoms with Crippen molar-refractivity contribution in [3.05, 3.63) is 66.3 Å². The van der Waals surface area contributed by atoms with E-state index in [1.807, 2.05) is 6.08 Å². The summed E-state index contributed by atoms with van der Waals surface area (Å²) < 4.78 is 0. The van der Waals surface area contributed by atoms with Crippen LogP contribution in [0.3, 0.4) is 0 Å². The van der Waals surface area contributed by atoms with Gasteiger partial charge in [0.15, 0.2) is 0 Å². The lowest BCUT2D eigenvalue weighted by Gasteiger charge is -2.29. The smallest absolute Gasteiger partial charge is 0.0209 e. The summed E-state index contributed by atoms with van der Waals surface area (Å²) in [6, 6.07) is 8.65. The van der Waals surface area contributed by atoms with Crippen molar-refractivity contribution in [1.82, 2.24) is 0 Å². The molecule has 0 nitrogen and oxygen atoms in total. The Morgan fingerprint density at radius 3 is 2.41 bits per heavy atom. The number of hydrogen-bond donors (Lipinski definition) is 0. The topological polar surface area (TPSA) is 0 Å². The third kappa shape index (κ3) is 1.51.